The Kier molecular flexibility index (Phi) is 2.93. The van der Waals surface area contributed by atoms with E-state index in [-0.39, 0.29) is 5.41 Å². The summed E-state index contributed by atoms with van der Waals surface area (Å²) in [5, 5.41) is 6.80. The van der Waals surface area contributed by atoms with Crippen LogP contribution in [0.25, 0.3) is 22.4 Å². The van der Waals surface area contributed by atoms with Gasteiger partial charge in [0.05, 0.1) is 18.1 Å². The number of hydrogen-bond donors (Lipinski definition) is 2. The van der Waals surface area contributed by atoms with Gasteiger partial charge in [-0.1, -0.05) is 45.0 Å². The Labute approximate surface area is 118 Å². The molecule has 0 saturated heterocycles. The van der Waals surface area contributed by atoms with Crippen LogP contribution < -0.4 is 0 Å². The van der Waals surface area contributed by atoms with Crippen molar-refractivity contribution in [3.63, 3.8) is 0 Å². The molecule has 0 saturated carbocycles. The number of aromatic amines is 2. The van der Waals surface area contributed by atoms with E-state index in [2.05, 4.69) is 65.2 Å². The fraction of sp³-hybridized carbons (Fsp3) is 0.250. The Morgan fingerprint density at radius 1 is 0.900 bits per heavy atom. The van der Waals surface area contributed by atoms with Crippen molar-refractivity contribution in [2.24, 2.45) is 0 Å². The molecular formula is C16H18N4. The number of nitrogens with one attached hydrogen (secondary N) is 2. The van der Waals surface area contributed by atoms with E-state index in [0.717, 1.165) is 28.2 Å². The second-order valence-electron chi connectivity index (χ2n) is 5.96. The molecule has 102 valence electrons. The molecule has 2 heterocycles. The van der Waals surface area contributed by atoms with Crippen molar-refractivity contribution in [1.82, 2.24) is 20.2 Å². The van der Waals surface area contributed by atoms with Crippen LogP contribution in [0.4, 0.5) is 0 Å². The summed E-state index contributed by atoms with van der Waals surface area (Å²) in [4.78, 5) is 7.86. The van der Waals surface area contributed by atoms with Crippen LogP contribution in [0.3, 0.4) is 0 Å². The number of aromatic nitrogens is 4. The van der Waals surface area contributed by atoms with Gasteiger partial charge < -0.3 is 4.98 Å². The van der Waals surface area contributed by atoms with Gasteiger partial charge in [-0.2, -0.15) is 5.10 Å². The van der Waals surface area contributed by atoms with Crippen LogP contribution in [-0.2, 0) is 5.41 Å². The Morgan fingerprint density at radius 3 is 2.15 bits per heavy atom. The van der Waals surface area contributed by atoms with Crippen LogP contribution in [0, 0.1) is 0 Å². The molecule has 3 rings (SSSR count). The summed E-state index contributed by atoms with van der Waals surface area (Å²) in [5.41, 5.74) is 4.47. The van der Waals surface area contributed by atoms with Crippen LogP contribution in [-0.4, -0.2) is 20.2 Å². The molecule has 0 amide bonds. The highest BCUT2D eigenvalue weighted by atomic mass is 15.1. The van der Waals surface area contributed by atoms with Gasteiger partial charge in [0.25, 0.3) is 0 Å². The number of benzene rings is 1. The summed E-state index contributed by atoms with van der Waals surface area (Å²) < 4.78 is 0. The minimum Gasteiger partial charge on any atom is -0.342 e. The maximum absolute atomic E-state index is 4.47. The lowest BCUT2D eigenvalue weighted by molar-refractivity contribution is 0.553. The predicted molar refractivity (Wildman–Crippen MR) is 80.3 cm³/mol. The van der Waals surface area contributed by atoms with Gasteiger partial charge in [-0.05, 0) is 11.1 Å². The normalized spacial score (nSPS) is 11.8. The largest absolute Gasteiger partial charge is 0.342 e. The van der Waals surface area contributed by atoms with Crippen LogP contribution in [0.5, 0.6) is 0 Å². The predicted octanol–water partition coefficient (Wildman–Crippen LogP) is 3.76. The monoisotopic (exact) mass is 266 g/mol. The Hall–Kier alpha value is -2.36. The van der Waals surface area contributed by atoms with Crippen molar-refractivity contribution in [3.8, 4) is 22.4 Å². The van der Waals surface area contributed by atoms with E-state index in [1.54, 1.807) is 0 Å². The average Bonchev–Trinajstić information content (AvgIpc) is 3.10. The molecular weight excluding hydrogens is 248 g/mol. The topological polar surface area (TPSA) is 57.4 Å². The lowest BCUT2D eigenvalue weighted by atomic mass is 9.96. The maximum Gasteiger partial charge on any atom is 0.111 e. The Morgan fingerprint density at radius 2 is 1.60 bits per heavy atom. The van der Waals surface area contributed by atoms with Crippen LogP contribution in [0.2, 0.25) is 0 Å². The van der Waals surface area contributed by atoms with Gasteiger partial charge in [0.2, 0.25) is 0 Å². The summed E-state index contributed by atoms with van der Waals surface area (Å²) in [5.74, 6) is 1.01. The third kappa shape index (κ3) is 2.37. The number of rotatable bonds is 2. The van der Waals surface area contributed by atoms with Crippen molar-refractivity contribution in [3.05, 3.63) is 48.7 Å². The molecule has 0 bridgehead atoms. The van der Waals surface area contributed by atoms with Gasteiger partial charge in [-0.15, -0.1) is 0 Å². The first-order valence-electron chi connectivity index (χ1n) is 6.69. The summed E-state index contributed by atoms with van der Waals surface area (Å²) in [6, 6.07) is 8.39. The minimum atomic E-state index is 0.0367. The van der Waals surface area contributed by atoms with Crippen molar-refractivity contribution in [2.45, 2.75) is 26.2 Å². The van der Waals surface area contributed by atoms with Gasteiger partial charge in [0.15, 0.2) is 0 Å². The van der Waals surface area contributed by atoms with Crippen LogP contribution in [0.15, 0.2) is 42.9 Å². The quantitative estimate of drug-likeness (QED) is 0.742. The molecule has 0 aliphatic rings. The van der Waals surface area contributed by atoms with Gasteiger partial charge in [-0.3, -0.25) is 5.10 Å². The third-order valence-electron chi connectivity index (χ3n) is 3.31. The lowest BCUT2D eigenvalue weighted by Gasteiger charge is -2.14. The van der Waals surface area contributed by atoms with Crippen molar-refractivity contribution in [2.75, 3.05) is 0 Å². The van der Waals surface area contributed by atoms with Gasteiger partial charge in [0.1, 0.15) is 5.82 Å². The van der Waals surface area contributed by atoms with Gasteiger partial charge in [0, 0.05) is 17.2 Å². The van der Waals surface area contributed by atoms with Crippen molar-refractivity contribution >= 4 is 0 Å². The highest BCUT2D eigenvalue weighted by Gasteiger charge is 2.17. The molecule has 0 unspecified atom stereocenters. The van der Waals surface area contributed by atoms with E-state index in [1.165, 1.54) is 0 Å². The van der Waals surface area contributed by atoms with Crippen LogP contribution in [0.1, 0.15) is 26.6 Å². The molecule has 0 atom stereocenters. The molecule has 0 aliphatic heterocycles. The molecule has 1 aromatic carbocycles. The number of imidazole rings is 1. The standard InChI is InChI=1S/C16H18N4/c1-16(2,3)15-17-10-14(20-15)12-6-4-11(5-7-12)13-8-18-19-9-13/h4-10H,1-3H3,(H,17,20)(H,18,19). The molecule has 0 fully saturated rings. The second-order valence-corrected chi connectivity index (χ2v) is 5.96. The molecule has 0 spiro atoms. The van der Waals surface area contributed by atoms with Crippen LogP contribution >= 0.6 is 0 Å². The molecule has 0 radical (unpaired) electrons. The molecule has 4 nitrogen and oxygen atoms in total. The number of hydrogen-bond acceptors (Lipinski definition) is 2. The number of nitrogens with zero attached hydrogens (tertiary/aromatic N) is 2. The average molecular weight is 266 g/mol. The van der Waals surface area contributed by atoms with E-state index < -0.39 is 0 Å². The third-order valence-corrected chi connectivity index (χ3v) is 3.31. The fourth-order valence-electron chi connectivity index (χ4n) is 2.10. The van der Waals surface area contributed by atoms with E-state index in [4.69, 9.17) is 0 Å². The SMILES string of the molecule is CC(C)(C)c1ncc(-c2ccc(-c3cn[nH]c3)cc2)[nH]1. The lowest BCUT2D eigenvalue weighted by Crippen LogP contribution is -2.13. The molecule has 2 aromatic heterocycles. The summed E-state index contributed by atoms with van der Waals surface area (Å²) in [6.07, 6.45) is 5.61. The Balaban J connectivity index is 1.90. The fourth-order valence-corrected chi connectivity index (χ4v) is 2.10. The van der Waals surface area contributed by atoms with E-state index in [1.807, 2.05) is 18.6 Å². The highest BCUT2D eigenvalue weighted by molar-refractivity contribution is 5.67. The molecule has 20 heavy (non-hydrogen) atoms. The highest BCUT2D eigenvalue weighted by Crippen LogP contribution is 2.25. The Bertz CT molecular complexity index is 685. The molecule has 0 aliphatic carbocycles. The van der Waals surface area contributed by atoms with E-state index in [9.17, 15) is 0 Å². The summed E-state index contributed by atoms with van der Waals surface area (Å²) in [7, 11) is 0. The summed E-state index contributed by atoms with van der Waals surface area (Å²) in [6.45, 7) is 6.45. The van der Waals surface area contributed by atoms with Crippen molar-refractivity contribution < 1.29 is 0 Å². The zero-order valence-electron chi connectivity index (χ0n) is 11.9. The van der Waals surface area contributed by atoms with E-state index >= 15 is 0 Å². The molecule has 3 aromatic rings. The maximum atomic E-state index is 4.47. The van der Waals surface area contributed by atoms with E-state index in [0.29, 0.717) is 0 Å². The molecule has 2 N–H and O–H groups in total. The molecule has 4 heteroatoms. The zero-order valence-corrected chi connectivity index (χ0v) is 11.9. The minimum absolute atomic E-state index is 0.0367. The smallest absolute Gasteiger partial charge is 0.111 e. The first kappa shape index (κ1) is 12.7. The van der Waals surface area contributed by atoms with Gasteiger partial charge >= 0.3 is 0 Å². The number of H-pyrrole nitrogens is 2. The first-order valence-corrected chi connectivity index (χ1v) is 6.69. The summed E-state index contributed by atoms with van der Waals surface area (Å²) >= 11 is 0. The van der Waals surface area contributed by atoms with Gasteiger partial charge in [-0.25, -0.2) is 4.98 Å². The zero-order chi connectivity index (χ0) is 14.2. The second kappa shape index (κ2) is 4.63. The van der Waals surface area contributed by atoms with Crippen molar-refractivity contribution in [1.29, 1.82) is 0 Å². The first-order chi connectivity index (χ1) is 9.54.